The Kier molecular flexibility index (Phi) is 10.8. The van der Waals surface area contributed by atoms with Crippen molar-refractivity contribution < 1.29 is 57.5 Å². The van der Waals surface area contributed by atoms with Crippen LogP contribution in [0.25, 0.3) is 0 Å². The lowest BCUT2D eigenvalue weighted by molar-refractivity contribution is -0.331. The van der Waals surface area contributed by atoms with Gasteiger partial charge in [0.2, 0.25) is 0 Å². The van der Waals surface area contributed by atoms with E-state index in [-0.39, 0.29) is 57.8 Å². The fourth-order valence-electron chi connectivity index (χ4n) is 13.0. The molecule has 4 saturated carbocycles. The average Bonchev–Trinajstić information content (AvgIpc) is 3.08. The van der Waals surface area contributed by atoms with E-state index in [2.05, 4.69) is 41.5 Å². The van der Waals surface area contributed by atoms with E-state index in [1.165, 1.54) is 33.5 Å². The van der Waals surface area contributed by atoms with Crippen molar-refractivity contribution in [3.05, 3.63) is 11.6 Å². The van der Waals surface area contributed by atoms with Crippen LogP contribution in [0.1, 0.15) is 127 Å². The highest BCUT2D eigenvalue weighted by atomic mass is 16.7. The largest absolute Gasteiger partial charge is 0.469 e. The number of rotatable bonds is 7. The quantitative estimate of drug-likeness (QED) is 0.182. The minimum Gasteiger partial charge on any atom is -0.469 e. The summed E-state index contributed by atoms with van der Waals surface area (Å²) >= 11 is 0. The van der Waals surface area contributed by atoms with Gasteiger partial charge in [-0.15, -0.1) is 0 Å². The van der Waals surface area contributed by atoms with Gasteiger partial charge in [0.25, 0.3) is 0 Å². The molecule has 0 amide bonds. The third kappa shape index (κ3) is 6.67. The molecule has 0 bridgehead atoms. The first-order chi connectivity index (χ1) is 25.5. The van der Waals surface area contributed by atoms with E-state index in [9.17, 15) is 29.1 Å². The van der Waals surface area contributed by atoms with Crippen molar-refractivity contribution in [2.45, 2.75) is 164 Å². The molecule has 12 heteroatoms. The lowest BCUT2D eigenvalue weighted by Crippen LogP contribution is -2.67. The summed E-state index contributed by atoms with van der Waals surface area (Å²) in [4.78, 5) is 64.0. The topological polar surface area (TPSA) is 161 Å². The molecule has 0 spiro atoms. The van der Waals surface area contributed by atoms with Crippen LogP contribution in [-0.2, 0) is 52.4 Å². The normalized spacial score (nSPS) is 46.0. The van der Waals surface area contributed by atoms with Gasteiger partial charge < -0.3 is 33.5 Å². The smallest absolute Gasteiger partial charge is 0.311 e. The Labute approximate surface area is 326 Å². The van der Waals surface area contributed by atoms with Gasteiger partial charge in [-0.1, -0.05) is 47.1 Å². The van der Waals surface area contributed by atoms with Crippen molar-refractivity contribution in [2.24, 2.45) is 50.2 Å². The minimum atomic E-state index is -1.51. The van der Waals surface area contributed by atoms with Gasteiger partial charge in [-0.2, -0.15) is 0 Å². The maximum atomic E-state index is 14.9. The highest BCUT2D eigenvalue weighted by Crippen LogP contribution is 2.75. The van der Waals surface area contributed by atoms with Crippen molar-refractivity contribution in [1.82, 2.24) is 0 Å². The van der Waals surface area contributed by atoms with Crippen molar-refractivity contribution in [3.8, 4) is 0 Å². The van der Waals surface area contributed by atoms with Crippen LogP contribution in [0.3, 0.4) is 0 Å². The van der Waals surface area contributed by atoms with Crippen LogP contribution in [0.4, 0.5) is 0 Å². The van der Waals surface area contributed by atoms with Crippen LogP contribution in [0, 0.1) is 50.2 Å². The molecule has 5 aliphatic carbocycles. The zero-order valence-electron chi connectivity index (χ0n) is 34.8. The first-order valence-corrected chi connectivity index (χ1v) is 20.3. The Morgan fingerprint density at radius 1 is 0.836 bits per heavy atom. The molecule has 14 atom stereocenters. The molecule has 6 rings (SSSR count). The lowest BCUT2D eigenvalue weighted by atomic mass is 9.33. The highest BCUT2D eigenvalue weighted by molar-refractivity contribution is 5.95. The number of ether oxygens (including phenoxy) is 6. The molecule has 0 aromatic heterocycles. The number of hydrogen-bond acceptors (Lipinski definition) is 12. The molecule has 1 N–H and O–H groups in total. The van der Waals surface area contributed by atoms with E-state index in [1.54, 1.807) is 0 Å². The predicted molar refractivity (Wildman–Crippen MR) is 199 cm³/mol. The molecule has 308 valence electrons. The van der Waals surface area contributed by atoms with Crippen LogP contribution in [0.2, 0.25) is 0 Å². The first kappa shape index (κ1) is 41.8. The molecule has 0 aromatic rings. The first-order valence-electron chi connectivity index (χ1n) is 20.3. The molecular weight excluding hydrogens is 708 g/mol. The number of aliphatic hydroxyl groups excluding tert-OH is 1. The molecule has 55 heavy (non-hydrogen) atoms. The standard InChI is InChI=1S/C43H64O12/c1-23(44)51-22-29-33(52-24(2)45)34(53-25(3)46)32(48)36(54-29)55-31-13-14-41(8)30(38(31,4)5)12-15-43(10)35(41)28(47)20-26-27-21-40(7,37(49)50-11)17-16-39(27,6)18-19-42(26,43)9/h20,27,29-36,48H,12-19,21-22H2,1-11H3/t27?,29-,30?,31+,32-,33+,34-,35?,36+,39-,40+,41+,42-,43-/m1/s1. The third-order valence-electron chi connectivity index (χ3n) is 16.2. The maximum Gasteiger partial charge on any atom is 0.311 e. The van der Waals surface area contributed by atoms with E-state index in [0.29, 0.717) is 19.3 Å². The van der Waals surface area contributed by atoms with Crippen LogP contribution in [-0.4, -0.2) is 85.3 Å². The monoisotopic (exact) mass is 772 g/mol. The van der Waals surface area contributed by atoms with Gasteiger partial charge in [-0.25, -0.2) is 0 Å². The molecule has 1 aliphatic heterocycles. The van der Waals surface area contributed by atoms with E-state index in [1.807, 2.05) is 13.0 Å². The second kappa shape index (κ2) is 14.2. The number of ketones is 1. The molecule has 1 heterocycles. The number of allylic oxidation sites excluding steroid dienone is 2. The highest BCUT2D eigenvalue weighted by Gasteiger charge is 2.70. The van der Waals surface area contributed by atoms with Gasteiger partial charge in [-0.05, 0) is 110 Å². The lowest BCUT2D eigenvalue weighted by Gasteiger charge is -2.70. The Hall–Kier alpha value is -2.83. The average molecular weight is 773 g/mol. The number of esters is 4. The molecule has 5 fully saturated rings. The van der Waals surface area contributed by atoms with Gasteiger partial charge in [0, 0.05) is 26.7 Å². The van der Waals surface area contributed by atoms with E-state index in [4.69, 9.17) is 28.4 Å². The summed E-state index contributed by atoms with van der Waals surface area (Å²) in [6.45, 7) is 19.1. The molecule has 0 aromatic carbocycles. The molecule has 6 aliphatic rings. The molecule has 0 radical (unpaired) electrons. The van der Waals surface area contributed by atoms with Crippen LogP contribution < -0.4 is 0 Å². The SMILES string of the molecule is COC(=O)[C@@]1(C)CC[C@]2(C)CC[C@]3(C)C(=CC(=O)C4[C@@]5(C)CC[C@H](O[C@@H]6O[C@H](COC(C)=O)[C@H](OC(C)=O)[C@H](OC(C)=O)[C@H]6O)C(C)(C)C5CC[C@]43C)C2C1. The van der Waals surface area contributed by atoms with Gasteiger partial charge in [0.15, 0.2) is 24.3 Å². The zero-order chi connectivity index (χ0) is 40.7. The van der Waals surface area contributed by atoms with Crippen LogP contribution in [0.15, 0.2) is 11.6 Å². The van der Waals surface area contributed by atoms with Gasteiger partial charge in [0.1, 0.15) is 18.8 Å². The Balaban J connectivity index is 1.29. The Bertz CT molecular complexity index is 1620. The number of carbonyl (C=O) groups is 5. The van der Waals surface area contributed by atoms with Gasteiger partial charge in [0.05, 0.1) is 18.6 Å². The second-order valence-electron chi connectivity index (χ2n) is 19.7. The summed E-state index contributed by atoms with van der Waals surface area (Å²) in [5.74, 6) is -1.94. The molecular formula is C43H64O12. The number of fused-ring (bicyclic) bond motifs is 7. The van der Waals surface area contributed by atoms with Gasteiger partial charge in [-0.3, -0.25) is 24.0 Å². The molecule has 3 unspecified atom stereocenters. The fourth-order valence-corrected chi connectivity index (χ4v) is 13.0. The van der Waals surface area contributed by atoms with E-state index >= 15 is 0 Å². The summed E-state index contributed by atoms with van der Waals surface area (Å²) in [6.07, 6.45) is 2.62. The fraction of sp³-hybridized carbons (Fsp3) is 0.837. The van der Waals surface area contributed by atoms with Crippen LogP contribution >= 0.6 is 0 Å². The van der Waals surface area contributed by atoms with Crippen molar-refractivity contribution >= 4 is 29.7 Å². The van der Waals surface area contributed by atoms with Crippen molar-refractivity contribution in [1.29, 1.82) is 0 Å². The number of methoxy groups -OCH3 is 1. The summed E-state index contributed by atoms with van der Waals surface area (Å²) in [5, 5.41) is 11.6. The number of aliphatic hydroxyl groups is 1. The zero-order valence-corrected chi connectivity index (χ0v) is 34.8. The third-order valence-corrected chi connectivity index (χ3v) is 16.2. The Morgan fingerprint density at radius 3 is 2.09 bits per heavy atom. The second-order valence-corrected chi connectivity index (χ2v) is 19.7. The minimum absolute atomic E-state index is 0.0243. The van der Waals surface area contributed by atoms with Gasteiger partial charge >= 0.3 is 23.9 Å². The van der Waals surface area contributed by atoms with E-state index < -0.39 is 65.5 Å². The summed E-state index contributed by atoms with van der Waals surface area (Å²) in [5.41, 5.74) is -0.655. The van der Waals surface area contributed by atoms with Crippen LogP contribution in [0.5, 0.6) is 0 Å². The van der Waals surface area contributed by atoms with E-state index in [0.717, 1.165) is 38.5 Å². The molecule has 12 nitrogen and oxygen atoms in total. The number of hydrogen-bond donors (Lipinski definition) is 1. The van der Waals surface area contributed by atoms with Crippen molar-refractivity contribution in [3.63, 3.8) is 0 Å². The van der Waals surface area contributed by atoms with Crippen molar-refractivity contribution in [2.75, 3.05) is 13.7 Å². The maximum absolute atomic E-state index is 14.9. The summed E-state index contributed by atoms with van der Waals surface area (Å²) < 4.78 is 34.4. The number of carbonyl (C=O) groups excluding carboxylic acids is 5. The summed E-state index contributed by atoms with van der Waals surface area (Å²) in [7, 11) is 1.47. The molecule has 1 saturated heterocycles. The Morgan fingerprint density at radius 2 is 1.47 bits per heavy atom. The summed E-state index contributed by atoms with van der Waals surface area (Å²) in [6, 6.07) is 0. The predicted octanol–water partition coefficient (Wildman–Crippen LogP) is 6.04.